The van der Waals surface area contributed by atoms with Crippen molar-refractivity contribution in [3.63, 3.8) is 0 Å². The number of hydrogen-bond donors (Lipinski definition) is 1. The third-order valence-electron chi connectivity index (χ3n) is 4.10. The van der Waals surface area contributed by atoms with E-state index in [4.69, 9.17) is 0 Å². The van der Waals surface area contributed by atoms with Crippen molar-refractivity contribution in [2.24, 2.45) is 0 Å². The van der Waals surface area contributed by atoms with Crippen LogP contribution in [0.3, 0.4) is 0 Å². The van der Waals surface area contributed by atoms with Gasteiger partial charge in [-0.2, -0.15) is 0 Å². The number of aryl methyl sites for hydroxylation is 3. The number of unbranched alkanes of at least 4 members (excludes halogenated alkanes) is 1. The average molecular weight is 260 g/mol. The van der Waals surface area contributed by atoms with Crippen molar-refractivity contribution in [1.29, 1.82) is 0 Å². The molecule has 1 heterocycles. The quantitative estimate of drug-likeness (QED) is 0.819. The molecule has 1 saturated heterocycles. The molecule has 0 atom stereocenters. The monoisotopic (exact) mass is 260 g/mol. The van der Waals surface area contributed by atoms with Crippen molar-refractivity contribution >= 4 is 0 Å². The van der Waals surface area contributed by atoms with Crippen LogP contribution in [0.25, 0.3) is 0 Å². The zero-order chi connectivity index (χ0) is 13.5. The summed E-state index contributed by atoms with van der Waals surface area (Å²) in [6, 6.07) is 6.85. The molecule has 0 unspecified atom stereocenters. The van der Waals surface area contributed by atoms with Gasteiger partial charge in [0.05, 0.1) is 0 Å². The van der Waals surface area contributed by atoms with Gasteiger partial charge >= 0.3 is 0 Å². The molecule has 0 aromatic heterocycles. The molecule has 0 saturated carbocycles. The van der Waals surface area contributed by atoms with Gasteiger partial charge in [-0.25, -0.2) is 0 Å². The van der Waals surface area contributed by atoms with Crippen molar-refractivity contribution in [1.82, 2.24) is 10.2 Å². The van der Waals surface area contributed by atoms with Crippen molar-refractivity contribution in [2.75, 3.05) is 32.7 Å². The molecule has 0 amide bonds. The van der Waals surface area contributed by atoms with E-state index in [1.807, 2.05) is 0 Å². The highest BCUT2D eigenvalue weighted by atomic mass is 15.1. The normalized spacial score (nSPS) is 17.4. The molecule has 2 rings (SSSR count). The Morgan fingerprint density at radius 3 is 2.84 bits per heavy atom. The molecule has 106 valence electrons. The van der Waals surface area contributed by atoms with Crippen LogP contribution in [-0.2, 0) is 6.42 Å². The number of nitrogens with zero attached hydrogens (tertiary/aromatic N) is 1. The largest absolute Gasteiger partial charge is 0.315 e. The minimum Gasteiger partial charge on any atom is -0.315 e. The first kappa shape index (κ1) is 14.5. The Morgan fingerprint density at radius 1 is 1.11 bits per heavy atom. The van der Waals surface area contributed by atoms with Gasteiger partial charge in [-0.15, -0.1) is 0 Å². The predicted molar refractivity (Wildman–Crippen MR) is 82.8 cm³/mol. The first-order valence-corrected chi connectivity index (χ1v) is 7.75. The van der Waals surface area contributed by atoms with E-state index < -0.39 is 0 Å². The average Bonchev–Trinajstić information content (AvgIpc) is 2.65. The van der Waals surface area contributed by atoms with Crippen LogP contribution in [-0.4, -0.2) is 37.6 Å². The second-order valence-corrected chi connectivity index (χ2v) is 5.83. The molecule has 1 aliphatic rings. The summed E-state index contributed by atoms with van der Waals surface area (Å²) >= 11 is 0. The van der Waals surface area contributed by atoms with Gasteiger partial charge in [0.15, 0.2) is 0 Å². The van der Waals surface area contributed by atoms with Crippen LogP contribution in [0.1, 0.15) is 36.0 Å². The van der Waals surface area contributed by atoms with Crippen LogP contribution in [0.15, 0.2) is 18.2 Å². The van der Waals surface area contributed by atoms with Crippen LogP contribution >= 0.6 is 0 Å². The zero-order valence-electron chi connectivity index (χ0n) is 12.5. The molecule has 1 fully saturated rings. The molecular formula is C17H28N2. The summed E-state index contributed by atoms with van der Waals surface area (Å²) < 4.78 is 0. The molecule has 1 aromatic carbocycles. The molecule has 0 bridgehead atoms. The molecule has 2 nitrogen and oxygen atoms in total. The highest BCUT2D eigenvalue weighted by Crippen LogP contribution is 2.13. The van der Waals surface area contributed by atoms with Crippen LogP contribution in [0.4, 0.5) is 0 Å². The van der Waals surface area contributed by atoms with E-state index in [2.05, 4.69) is 42.3 Å². The van der Waals surface area contributed by atoms with Gasteiger partial charge in [-0.05, 0) is 70.3 Å². The Hall–Kier alpha value is -0.860. The Labute approximate surface area is 118 Å². The van der Waals surface area contributed by atoms with Gasteiger partial charge in [0, 0.05) is 13.1 Å². The lowest BCUT2D eigenvalue weighted by Gasteiger charge is -2.19. The summed E-state index contributed by atoms with van der Waals surface area (Å²) in [5, 5.41) is 3.46. The number of benzene rings is 1. The van der Waals surface area contributed by atoms with Crippen molar-refractivity contribution in [2.45, 2.75) is 39.5 Å². The fraction of sp³-hybridized carbons (Fsp3) is 0.647. The second-order valence-electron chi connectivity index (χ2n) is 5.83. The highest BCUT2D eigenvalue weighted by Gasteiger charge is 2.07. The minimum absolute atomic E-state index is 1.16. The fourth-order valence-electron chi connectivity index (χ4n) is 2.90. The van der Waals surface area contributed by atoms with Crippen molar-refractivity contribution in [3.8, 4) is 0 Å². The summed E-state index contributed by atoms with van der Waals surface area (Å²) in [4.78, 5) is 2.61. The molecule has 0 spiro atoms. The Bertz CT molecular complexity index is 379. The molecule has 1 N–H and O–H groups in total. The molecule has 2 heteroatoms. The molecule has 0 radical (unpaired) electrons. The van der Waals surface area contributed by atoms with Crippen molar-refractivity contribution < 1.29 is 0 Å². The maximum Gasteiger partial charge on any atom is 0.0107 e. The van der Waals surface area contributed by atoms with Gasteiger partial charge in [-0.3, -0.25) is 0 Å². The molecular weight excluding hydrogens is 232 g/mol. The third kappa shape index (κ3) is 4.96. The van der Waals surface area contributed by atoms with E-state index in [-0.39, 0.29) is 0 Å². The summed E-state index contributed by atoms with van der Waals surface area (Å²) in [5.74, 6) is 0. The SMILES string of the molecule is Cc1ccc(CCCCN2CCCNCC2)c(C)c1. The summed E-state index contributed by atoms with van der Waals surface area (Å²) in [7, 11) is 0. The first-order chi connectivity index (χ1) is 9.25. The number of rotatable bonds is 5. The van der Waals surface area contributed by atoms with E-state index >= 15 is 0 Å². The maximum atomic E-state index is 3.46. The summed E-state index contributed by atoms with van der Waals surface area (Å²) in [6.07, 6.45) is 5.18. The van der Waals surface area contributed by atoms with Gasteiger partial charge in [0.2, 0.25) is 0 Å². The summed E-state index contributed by atoms with van der Waals surface area (Å²) in [5.41, 5.74) is 4.36. The second kappa shape index (κ2) is 7.66. The smallest absolute Gasteiger partial charge is 0.0107 e. The lowest BCUT2D eigenvalue weighted by atomic mass is 10.0. The van der Waals surface area contributed by atoms with Crippen LogP contribution in [0.5, 0.6) is 0 Å². The lowest BCUT2D eigenvalue weighted by molar-refractivity contribution is 0.286. The Kier molecular flexibility index (Phi) is 5.87. The standard InChI is InChI=1S/C17H28N2/c1-15-7-8-17(16(2)14-15)6-3-4-11-19-12-5-9-18-10-13-19/h7-8,14,18H,3-6,9-13H2,1-2H3. The van der Waals surface area contributed by atoms with Crippen molar-refractivity contribution in [3.05, 3.63) is 34.9 Å². The lowest BCUT2D eigenvalue weighted by Crippen LogP contribution is -2.29. The minimum atomic E-state index is 1.16. The number of hydrogen-bond acceptors (Lipinski definition) is 2. The predicted octanol–water partition coefficient (Wildman–Crippen LogP) is 2.92. The van der Waals surface area contributed by atoms with Crippen LogP contribution in [0.2, 0.25) is 0 Å². The Balaban J connectivity index is 1.68. The first-order valence-electron chi connectivity index (χ1n) is 7.75. The van der Waals surface area contributed by atoms with E-state index in [1.165, 1.54) is 68.6 Å². The molecule has 1 aliphatic heterocycles. The number of nitrogens with one attached hydrogen (secondary N) is 1. The van der Waals surface area contributed by atoms with E-state index in [9.17, 15) is 0 Å². The van der Waals surface area contributed by atoms with Gasteiger partial charge in [0.1, 0.15) is 0 Å². The van der Waals surface area contributed by atoms with E-state index in [1.54, 1.807) is 0 Å². The fourth-order valence-corrected chi connectivity index (χ4v) is 2.90. The molecule has 0 aliphatic carbocycles. The molecule has 19 heavy (non-hydrogen) atoms. The van der Waals surface area contributed by atoms with Gasteiger partial charge in [0.25, 0.3) is 0 Å². The van der Waals surface area contributed by atoms with Gasteiger partial charge < -0.3 is 10.2 Å². The van der Waals surface area contributed by atoms with Gasteiger partial charge in [-0.1, -0.05) is 23.8 Å². The Morgan fingerprint density at radius 2 is 2.00 bits per heavy atom. The van der Waals surface area contributed by atoms with E-state index in [0.29, 0.717) is 0 Å². The zero-order valence-corrected chi connectivity index (χ0v) is 12.5. The highest BCUT2D eigenvalue weighted by molar-refractivity contribution is 5.30. The topological polar surface area (TPSA) is 15.3 Å². The summed E-state index contributed by atoms with van der Waals surface area (Å²) in [6.45, 7) is 10.5. The van der Waals surface area contributed by atoms with E-state index in [0.717, 1.165) is 6.54 Å². The van der Waals surface area contributed by atoms with Crippen LogP contribution < -0.4 is 5.32 Å². The molecule has 1 aromatic rings. The van der Waals surface area contributed by atoms with Crippen LogP contribution in [0, 0.1) is 13.8 Å². The maximum absolute atomic E-state index is 3.46. The third-order valence-corrected chi connectivity index (χ3v) is 4.10.